The van der Waals surface area contributed by atoms with Crippen LogP contribution in [0.4, 0.5) is 0 Å². The zero-order valence-corrected chi connectivity index (χ0v) is 12.4. The first-order valence-corrected chi connectivity index (χ1v) is 6.72. The van der Waals surface area contributed by atoms with E-state index in [-0.39, 0.29) is 0 Å². The average molecular weight is 275 g/mol. The summed E-state index contributed by atoms with van der Waals surface area (Å²) in [4.78, 5) is 4.42. The first-order valence-electron chi connectivity index (χ1n) is 6.72. The molecule has 0 amide bonds. The van der Waals surface area contributed by atoms with E-state index < -0.39 is 5.54 Å². The number of aromatic nitrogens is 2. The molecule has 1 unspecified atom stereocenters. The third-order valence-corrected chi connectivity index (χ3v) is 3.17. The zero-order valence-electron chi connectivity index (χ0n) is 12.4. The van der Waals surface area contributed by atoms with Gasteiger partial charge in [0.15, 0.2) is 5.82 Å². The number of rotatable bonds is 5. The predicted molar refractivity (Wildman–Crippen MR) is 77.2 cm³/mol. The molecule has 5 heteroatoms. The summed E-state index contributed by atoms with van der Waals surface area (Å²) in [6.45, 7) is 8.76. The maximum Gasteiger partial charge on any atom is 0.258 e. The monoisotopic (exact) mass is 275 g/mol. The van der Waals surface area contributed by atoms with Crippen LogP contribution < -0.4 is 5.73 Å². The van der Waals surface area contributed by atoms with E-state index in [1.807, 2.05) is 39.8 Å². The lowest BCUT2D eigenvalue weighted by atomic mass is 10.0. The molecule has 0 aliphatic heterocycles. The van der Waals surface area contributed by atoms with Crippen LogP contribution in [0, 0.1) is 13.8 Å². The maximum atomic E-state index is 6.17. The summed E-state index contributed by atoms with van der Waals surface area (Å²) >= 11 is 0. The van der Waals surface area contributed by atoms with Crippen molar-refractivity contribution in [3.05, 3.63) is 35.2 Å². The second-order valence-electron chi connectivity index (χ2n) is 5.30. The molecule has 1 heterocycles. The summed E-state index contributed by atoms with van der Waals surface area (Å²) in [7, 11) is 0. The number of hydrogen-bond donors (Lipinski definition) is 1. The van der Waals surface area contributed by atoms with E-state index in [4.69, 9.17) is 15.0 Å². The van der Waals surface area contributed by atoms with Crippen molar-refractivity contribution in [2.75, 3.05) is 13.2 Å². The molecule has 2 N–H and O–H groups in total. The first kappa shape index (κ1) is 14.7. The van der Waals surface area contributed by atoms with Gasteiger partial charge in [-0.15, -0.1) is 0 Å². The Kier molecular flexibility index (Phi) is 4.20. The highest BCUT2D eigenvalue weighted by atomic mass is 16.5. The molecule has 20 heavy (non-hydrogen) atoms. The molecule has 0 saturated carbocycles. The Morgan fingerprint density at radius 1 is 1.35 bits per heavy atom. The van der Waals surface area contributed by atoms with E-state index in [0.717, 1.165) is 16.7 Å². The highest BCUT2D eigenvalue weighted by Crippen LogP contribution is 2.25. The van der Waals surface area contributed by atoms with Gasteiger partial charge in [0.25, 0.3) is 5.89 Å². The molecule has 1 aromatic carbocycles. The second-order valence-corrected chi connectivity index (χ2v) is 5.30. The Morgan fingerprint density at radius 3 is 2.80 bits per heavy atom. The maximum absolute atomic E-state index is 6.17. The van der Waals surface area contributed by atoms with Crippen LogP contribution in [-0.4, -0.2) is 23.4 Å². The van der Waals surface area contributed by atoms with Gasteiger partial charge in [0, 0.05) is 12.2 Å². The first-order chi connectivity index (χ1) is 9.44. The Bertz CT molecular complexity index is 591. The fourth-order valence-electron chi connectivity index (χ4n) is 1.91. The van der Waals surface area contributed by atoms with Crippen LogP contribution in [0.15, 0.2) is 22.7 Å². The fraction of sp³-hybridized carbons (Fsp3) is 0.467. The molecular weight excluding hydrogens is 254 g/mol. The molecular formula is C15H21N3O2. The van der Waals surface area contributed by atoms with Crippen molar-refractivity contribution in [3.63, 3.8) is 0 Å². The van der Waals surface area contributed by atoms with Gasteiger partial charge in [-0.05, 0) is 39.3 Å². The predicted octanol–water partition coefficient (Wildman–Crippen LogP) is 2.56. The largest absolute Gasteiger partial charge is 0.379 e. The molecule has 2 rings (SSSR count). The average Bonchev–Trinajstić information content (AvgIpc) is 2.89. The molecule has 0 aliphatic carbocycles. The van der Waals surface area contributed by atoms with Crippen LogP contribution in [-0.2, 0) is 10.3 Å². The van der Waals surface area contributed by atoms with Gasteiger partial charge in [-0.25, -0.2) is 0 Å². The van der Waals surface area contributed by atoms with Gasteiger partial charge in [-0.1, -0.05) is 22.9 Å². The quantitative estimate of drug-likeness (QED) is 0.907. The highest BCUT2D eigenvalue weighted by Gasteiger charge is 2.28. The zero-order chi connectivity index (χ0) is 14.8. The lowest BCUT2D eigenvalue weighted by Gasteiger charge is -2.19. The SMILES string of the molecule is CCOCC(C)(N)c1noc(-c2cc(C)ccc2C)n1. The van der Waals surface area contributed by atoms with Crippen LogP contribution >= 0.6 is 0 Å². The summed E-state index contributed by atoms with van der Waals surface area (Å²) in [6, 6.07) is 6.12. The molecule has 108 valence electrons. The van der Waals surface area contributed by atoms with Crippen LogP contribution in [0.1, 0.15) is 30.8 Å². The van der Waals surface area contributed by atoms with Crippen molar-refractivity contribution >= 4 is 0 Å². The number of nitrogens with zero attached hydrogens (tertiary/aromatic N) is 2. The van der Waals surface area contributed by atoms with E-state index in [1.165, 1.54) is 0 Å². The summed E-state index contributed by atoms with van der Waals surface area (Å²) in [5.41, 5.74) is 8.60. The van der Waals surface area contributed by atoms with Crippen LogP contribution in [0.5, 0.6) is 0 Å². The number of nitrogens with two attached hydrogens (primary N) is 1. The summed E-state index contributed by atoms with van der Waals surface area (Å²) in [5.74, 6) is 0.955. The van der Waals surface area contributed by atoms with Gasteiger partial charge < -0.3 is 15.0 Å². The van der Waals surface area contributed by atoms with E-state index in [2.05, 4.69) is 16.2 Å². The smallest absolute Gasteiger partial charge is 0.258 e. The molecule has 2 aromatic rings. The molecule has 0 fully saturated rings. The van der Waals surface area contributed by atoms with Gasteiger partial charge in [-0.2, -0.15) is 4.98 Å². The third-order valence-electron chi connectivity index (χ3n) is 3.17. The highest BCUT2D eigenvalue weighted by molar-refractivity contribution is 5.59. The fourth-order valence-corrected chi connectivity index (χ4v) is 1.91. The van der Waals surface area contributed by atoms with Gasteiger partial charge in [0.1, 0.15) is 5.54 Å². The van der Waals surface area contributed by atoms with Crippen molar-refractivity contribution in [1.29, 1.82) is 0 Å². The van der Waals surface area contributed by atoms with Crippen molar-refractivity contribution in [1.82, 2.24) is 10.1 Å². The number of hydrogen-bond acceptors (Lipinski definition) is 5. The molecule has 5 nitrogen and oxygen atoms in total. The number of ether oxygens (including phenoxy) is 1. The topological polar surface area (TPSA) is 74.2 Å². The van der Waals surface area contributed by atoms with Crippen molar-refractivity contribution < 1.29 is 9.26 Å². The Labute approximate surface area is 119 Å². The van der Waals surface area contributed by atoms with E-state index in [9.17, 15) is 0 Å². The Hall–Kier alpha value is -1.72. The molecule has 0 aliphatic rings. The lowest BCUT2D eigenvalue weighted by Crippen LogP contribution is -2.39. The molecule has 1 aromatic heterocycles. The van der Waals surface area contributed by atoms with E-state index in [0.29, 0.717) is 24.9 Å². The molecule has 1 atom stereocenters. The summed E-state index contributed by atoms with van der Waals surface area (Å²) < 4.78 is 10.7. The minimum Gasteiger partial charge on any atom is -0.379 e. The van der Waals surface area contributed by atoms with E-state index >= 15 is 0 Å². The molecule has 0 radical (unpaired) electrons. The van der Waals surface area contributed by atoms with Crippen LogP contribution in [0.2, 0.25) is 0 Å². The van der Waals surface area contributed by atoms with Crippen molar-refractivity contribution in [3.8, 4) is 11.5 Å². The molecule has 0 spiro atoms. The lowest BCUT2D eigenvalue weighted by molar-refractivity contribution is 0.0962. The second kappa shape index (κ2) is 5.73. The van der Waals surface area contributed by atoms with Gasteiger partial charge in [-0.3, -0.25) is 0 Å². The minimum atomic E-state index is -0.754. The van der Waals surface area contributed by atoms with Crippen molar-refractivity contribution in [2.24, 2.45) is 5.73 Å². The minimum absolute atomic E-state index is 0.356. The van der Waals surface area contributed by atoms with Crippen molar-refractivity contribution in [2.45, 2.75) is 33.2 Å². The number of benzene rings is 1. The normalized spacial score (nSPS) is 14.2. The van der Waals surface area contributed by atoms with E-state index in [1.54, 1.807) is 0 Å². The standard InChI is InChI=1S/C15H21N3O2/c1-5-19-9-15(4,16)14-17-13(20-18-14)12-8-10(2)6-7-11(12)3/h6-8H,5,9,16H2,1-4H3. The number of aryl methyl sites for hydroxylation is 2. The molecule has 0 bridgehead atoms. The Morgan fingerprint density at radius 2 is 2.10 bits per heavy atom. The molecule has 0 saturated heterocycles. The van der Waals surface area contributed by atoms with Gasteiger partial charge in [0.2, 0.25) is 0 Å². The van der Waals surface area contributed by atoms with Crippen LogP contribution in [0.25, 0.3) is 11.5 Å². The summed E-state index contributed by atoms with van der Waals surface area (Å²) in [6.07, 6.45) is 0. The summed E-state index contributed by atoms with van der Waals surface area (Å²) in [5, 5.41) is 4.00. The van der Waals surface area contributed by atoms with Crippen LogP contribution in [0.3, 0.4) is 0 Å². The third kappa shape index (κ3) is 3.05. The van der Waals surface area contributed by atoms with Gasteiger partial charge >= 0.3 is 0 Å². The van der Waals surface area contributed by atoms with Gasteiger partial charge in [0.05, 0.1) is 6.61 Å². The Balaban J connectivity index is 2.31.